The molecule has 0 spiro atoms. The van der Waals surface area contributed by atoms with Gasteiger partial charge in [-0.05, 0) is 47.5 Å². The number of methoxy groups -OCH3 is 1. The van der Waals surface area contributed by atoms with E-state index in [1.165, 1.54) is 0 Å². The van der Waals surface area contributed by atoms with Crippen molar-refractivity contribution in [3.05, 3.63) is 95.0 Å². The summed E-state index contributed by atoms with van der Waals surface area (Å²) in [6, 6.07) is 24.9. The highest BCUT2D eigenvalue weighted by molar-refractivity contribution is 6.30. The van der Waals surface area contributed by atoms with Crippen LogP contribution in [-0.4, -0.2) is 13.0 Å². The van der Waals surface area contributed by atoms with E-state index in [0.717, 1.165) is 22.6 Å². The van der Waals surface area contributed by atoms with E-state index in [2.05, 4.69) is 0 Å². The Morgan fingerprint density at radius 3 is 2.15 bits per heavy atom. The van der Waals surface area contributed by atoms with Crippen LogP contribution in [0.25, 0.3) is 0 Å². The lowest BCUT2D eigenvalue weighted by atomic mass is 10.1. The number of amides is 1. The molecule has 0 aromatic heterocycles. The Morgan fingerprint density at radius 1 is 0.885 bits per heavy atom. The molecule has 3 aromatic rings. The third kappa shape index (κ3) is 4.64. The van der Waals surface area contributed by atoms with Gasteiger partial charge in [-0.3, -0.25) is 4.79 Å². The predicted octanol–water partition coefficient (Wildman–Crippen LogP) is 5.12. The third-order valence-corrected chi connectivity index (χ3v) is 4.39. The Labute approximate surface area is 158 Å². The first kappa shape index (κ1) is 18.0. The molecule has 0 unspecified atom stereocenters. The van der Waals surface area contributed by atoms with Crippen molar-refractivity contribution in [2.75, 3.05) is 12.0 Å². The molecule has 3 nitrogen and oxygen atoms in total. The fourth-order valence-corrected chi connectivity index (χ4v) is 2.85. The summed E-state index contributed by atoms with van der Waals surface area (Å²) in [5.74, 6) is 0.792. The first-order valence-electron chi connectivity index (χ1n) is 8.38. The third-order valence-electron chi connectivity index (χ3n) is 4.14. The van der Waals surface area contributed by atoms with Crippen LogP contribution in [0.4, 0.5) is 5.69 Å². The molecule has 0 aliphatic heterocycles. The van der Waals surface area contributed by atoms with Crippen molar-refractivity contribution in [2.24, 2.45) is 0 Å². The monoisotopic (exact) mass is 365 g/mol. The molecule has 0 radical (unpaired) electrons. The standard InChI is InChI=1S/C22H20ClNO2/c1-26-21-13-11-20(12-14-21)24(16-18-5-3-2-4-6-18)22(25)15-17-7-9-19(23)10-8-17/h2-14H,15-16H2,1H3. The number of benzene rings is 3. The van der Waals surface area contributed by atoms with Gasteiger partial charge >= 0.3 is 0 Å². The Balaban J connectivity index is 1.85. The molecule has 0 N–H and O–H groups in total. The second-order valence-corrected chi connectivity index (χ2v) is 6.40. The van der Waals surface area contributed by atoms with Crippen LogP contribution in [0, 0.1) is 0 Å². The van der Waals surface area contributed by atoms with Crippen LogP contribution >= 0.6 is 11.6 Å². The Morgan fingerprint density at radius 2 is 1.54 bits per heavy atom. The van der Waals surface area contributed by atoms with Crippen LogP contribution in [0.2, 0.25) is 5.02 Å². The minimum absolute atomic E-state index is 0.0290. The fraction of sp³-hybridized carbons (Fsp3) is 0.136. The van der Waals surface area contributed by atoms with Crippen molar-refractivity contribution >= 4 is 23.2 Å². The van der Waals surface area contributed by atoms with E-state index in [4.69, 9.17) is 16.3 Å². The zero-order valence-electron chi connectivity index (χ0n) is 14.6. The summed E-state index contributed by atoms with van der Waals surface area (Å²) in [5, 5.41) is 0.664. The molecule has 3 aromatic carbocycles. The van der Waals surface area contributed by atoms with Gasteiger partial charge in [0.2, 0.25) is 5.91 Å². The Hall–Kier alpha value is -2.78. The van der Waals surface area contributed by atoms with Crippen LogP contribution in [0.5, 0.6) is 5.75 Å². The van der Waals surface area contributed by atoms with Gasteiger partial charge in [0.1, 0.15) is 5.75 Å². The molecule has 0 aliphatic carbocycles. The number of halogens is 1. The van der Waals surface area contributed by atoms with Crippen molar-refractivity contribution in [2.45, 2.75) is 13.0 Å². The molecule has 0 aliphatic rings. The van der Waals surface area contributed by atoms with Crippen molar-refractivity contribution in [1.82, 2.24) is 0 Å². The van der Waals surface area contributed by atoms with E-state index in [1.54, 1.807) is 24.1 Å². The minimum atomic E-state index is 0.0290. The van der Waals surface area contributed by atoms with Gasteiger partial charge in [-0.2, -0.15) is 0 Å². The summed E-state index contributed by atoms with van der Waals surface area (Å²) in [6.07, 6.45) is 0.316. The number of rotatable bonds is 6. The second-order valence-electron chi connectivity index (χ2n) is 5.97. The van der Waals surface area contributed by atoms with Crippen molar-refractivity contribution in [3.63, 3.8) is 0 Å². The molecule has 3 rings (SSSR count). The quantitative estimate of drug-likeness (QED) is 0.606. The molecule has 26 heavy (non-hydrogen) atoms. The normalized spacial score (nSPS) is 10.4. The molecule has 0 fully saturated rings. The number of carbonyl (C=O) groups excluding carboxylic acids is 1. The SMILES string of the molecule is COc1ccc(N(Cc2ccccc2)C(=O)Cc2ccc(Cl)cc2)cc1. The summed E-state index contributed by atoms with van der Waals surface area (Å²) in [5.41, 5.74) is 2.85. The maximum atomic E-state index is 13.0. The number of ether oxygens (including phenoxy) is 1. The van der Waals surface area contributed by atoms with Crippen molar-refractivity contribution in [3.8, 4) is 5.75 Å². The van der Waals surface area contributed by atoms with Gasteiger partial charge in [-0.25, -0.2) is 0 Å². The summed E-state index contributed by atoms with van der Waals surface area (Å²) in [6.45, 7) is 0.513. The first-order valence-corrected chi connectivity index (χ1v) is 8.76. The Kier molecular flexibility index (Phi) is 5.92. The van der Waals surface area contributed by atoms with E-state index in [9.17, 15) is 4.79 Å². The predicted molar refractivity (Wildman–Crippen MR) is 106 cm³/mol. The molecule has 132 valence electrons. The zero-order valence-corrected chi connectivity index (χ0v) is 15.3. The van der Waals surface area contributed by atoms with Gasteiger partial charge in [-0.1, -0.05) is 54.1 Å². The van der Waals surface area contributed by atoms with Gasteiger partial charge in [0.25, 0.3) is 0 Å². The number of nitrogens with zero attached hydrogens (tertiary/aromatic N) is 1. The molecular formula is C22H20ClNO2. The van der Waals surface area contributed by atoms with Crippen LogP contribution in [0.3, 0.4) is 0 Å². The topological polar surface area (TPSA) is 29.5 Å². The van der Waals surface area contributed by atoms with Crippen LogP contribution in [0.15, 0.2) is 78.9 Å². The molecule has 0 heterocycles. The summed E-state index contributed by atoms with van der Waals surface area (Å²) < 4.78 is 5.22. The van der Waals surface area contributed by atoms with Gasteiger partial charge in [0.15, 0.2) is 0 Å². The molecule has 0 saturated heterocycles. The minimum Gasteiger partial charge on any atom is -0.497 e. The highest BCUT2D eigenvalue weighted by Crippen LogP contribution is 2.22. The smallest absolute Gasteiger partial charge is 0.231 e. The first-order chi connectivity index (χ1) is 12.7. The van der Waals surface area contributed by atoms with Crippen molar-refractivity contribution < 1.29 is 9.53 Å². The lowest BCUT2D eigenvalue weighted by Crippen LogP contribution is -2.31. The highest BCUT2D eigenvalue weighted by atomic mass is 35.5. The molecular weight excluding hydrogens is 346 g/mol. The van der Waals surface area contributed by atoms with Gasteiger partial charge in [0, 0.05) is 10.7 Å². The number of carbonyl (C=O) groups is 1. The van der Waals surface area contributed by atoms with E-state index in [0.29, 0.717) is 18.0 Å². The lowest BCUT2D eigenvalue weighted by molar-refractivity contribution is -0.118. The van der Waals surface area contributed by atoms with Crippen LogP contribution in [0.1, 0.15) is 11.1 Å². The average molecular weight is 366 g/mol. The molecule has 0 atom stereocenters. The van der Waals surface area contributed by atoms with Crippen molar-refractivity contribution in [1.29, 1.82) is 0 Å². The van der Waals surface area contributed by atoms with Gasteiger partial charge < -0.3 is 9.64 Å². The lowest BCUT2D eigenvalue weighted by Gasteiger charge is -2.23. The van der Waals surface area contributed by atoms with Gasteiger partial charge in [0.05, 0.1) is 20.1 Å². The molecule has 0 saturated carbocycles. The number of hydrogen-bond donors (Lipinski definition) is 0. The van der Waals surface area contributed by atoms with Crippen LogP contribution in [-0.2, 0) is 17.8 Å². The second kappa shape index (κ2) is 8.54. The highest BCUT2D eigenvalue weighted by Gasteiger charge is 2.17. The number of anilines is 1. The summed E-state index contributed by atoms with van der Waals surface area (Å²) in [7, 11) is 1.63. The molecule has 4 heteroatoms. The van der Waals surface area contributed by atoms with Crippen LogP contribution < -0.4 is 9.64 Å². The average Bonchev–Trinajstić information content (AvgIpc) is 2.69. The van der Waals surface area contributed by atoms with E-state index >= 15 is 0 Å². The summed E-state index contributed by atoms with van der Waals surface area (Å²) in [4.78, 5) is 14.8. The van der Waals surface area contributed by atoms with E-state index in [-0.39, 0.29) is 5.91 Å². The maximum absolute atomic E-state index is 13.0. The number of hydrogen-bond acceptors (Lipinski definition) is 2. The Bertz CT molecular complexity index is 846. The van der Waals surface area contributed by atoms with E-state index < -0.39 is 0 Å². The molecule has 1 amide bonds. The van der Waals surface area contributed by atoms with E-state index in [1.807, 2.05) is 66.7 Å². The maximum Gasteiger partial charge on any atom is 0.231 e. The largest absolute Gasteiger partial charge is 0.497 e. The van der Waals surface area contributed by atoms with Gasteiger partial charge in [-0.15, -0.1) is 0 Å². The summed E-state index contributed by atoms with van der Waals surface area (Å²) >= 11 is 5.94. The molecule has 0 bridgehead atoms. The zero-order chi connectivity index (χ0) is 18.4. The fourth-order valence-electron chi connectivity index (χ4n) is 2.72.